The highest BCUT2D eigenvalue weighted by Gasteiger charge is 2.18. The van der Waals surface area contributed by atoms with E-state index in [1.165, 1.54) is 0 Å². The standard InChI is InChI=1S/C17H19N3O/c1-10-5-4-6-13-9-15(21-17(10)13)16(20-18)14-7-11(2)19-12(3)8-14/h4-9,16,20H,18H2,1-3H3. The average molecular weight is 281 g/mol. The minimum Gasteiger partial charge on any atom is -0.459 e. The Morgan fingerprint density at radius 3 is 2.43 bits per heavy atom. The predicted octanol–water partition coefficient (Wildman–Crippen LogP) is 3.31. The van der Waals surface area contributed by atoms with E-state index in [4.69, 9.17) is 10.3 Å². The van der Waals surface area contributed by atoms with Gasteiger partial charge in [-0.2, -0.15) is 0 Å². The summed E-state index contributed by atoms with van der Waals surface area (Å²) in [6.45, 7) is 6.00. The molecule has 0 aliphatic carbocycles. The molecule has 21 heavy (non-hydrogen) atoms. The van der Waals surface area contributed by atoms with E-state index in [-0.39, 0.29) is 6.04 Å². The lowest BCUT2D eigenvalue weighted by Gasteiger charge is -2.14. The zero-order chi connectivity index (χ0) is 15.0. The van der Waals surface area contributed by atoms with Gasteiger partial charge >= 0.3 is 0 Å². The molecule has 4 heteroatoms. The van der Waals surface area contributed by atoms with Crippen LogP contribution < -0.4 is 11.3 Å². The first-order chi connectivity index (χ1) is 10.1. The molecule has 1 aromatic carbocycles. The van der Waals surface area contributed by atoms with Crippen LogP contribution in [0.2, 0.25) is 0 Å². The number of rotatable bonds is 3. The summed E-state index contributed by atoms with van der Waals surface area (Å²) in [5.41, 5.74) is 7.88. The number of hydrogen-bond acceptors (Lipinski definition) is 4. The zero-order valence-electron chi connectivity index (χ0n) is 12.5. The van der Waals surface area contributed by atoms with Gasteiger partial charge < -0.3 is 4.42 Å². The van der Waals surface area contributed by atoms with Crippen LogP contribution in [0.1, 0.15) is 34.3 Å². The maximum atomic E-state index is 6.02. The van der Waals surface area contributed by atoms with Crippen LogP contribution in [0, 0.1) is 20.8 Å². The first kappa shape index (κ1) is 13.8. The summed E-state index contributed by atoms with van der Waals surface area (Å²) in [7, 11) is 0. The Bertz CT molecular complexity index is 772. The zero-order valence-corrected chi connectivity index (χ0v) is 12.5. The van der Waals surface area contributed by atoms with Gasteiger partial charge in [-0.1, -0.05) is 18.2 Å². The van der Waals surface area contributed by atoms with Gasteiger partial charge in [-0.15, -0.1) is 0 Å². The first-order valence-corrected chi connectivity index (χ1v) is 6.99. The number of hydrogen-bond donors (Lipinski definition) is 2. The number of nitrogens with zero attached hydrogens (tertiary/aromatic N) is 1. The van der Waals surface area contributed by atoms with Crippen LogP contribution in [0.4, 0.5) is 0 Å². The number of nitrogens with two attached hydrogens (primary N) is 1. The molecule has 2 heterocycles. The number of para-hydroxylation sites is 1. The second-order valence-corrected chi connectivity index (χ2v) is 5.42. The van der Waals surface area contributed by atoms with Crippen molar-refractivity contribution >= 4 is 11.0 Å². The molecular formula is C17H19N3O. The Balaban J connectivity index is 2.11. The molecular weight excluding hydrogens is 262 g/mol. The summed E-state index contributed by atoms with van der Waals surface area (Å²) in [5, 5.41) is 1.09. The molecule has 1 atom stereocenters. The largest absolute Gasteiger partial charge is 0.459 e. The van der Waals surface area contributed by atoms with Gasteiger partial charge in [0.25, 0.3) is 0 Å². The molecule has 0 saturated carbocycles. The van der Waals surface area contributed by atoms with Crippen LogP contribution in [0.15, 0.2) is 40.8 Å². The topological polar surface area (TPSA) is 64.1 Å². The minimum atomic E-state index is -0.183. The molecule has 0 bridgehead atoms. The molecule has 0 radical (unpaired) electrons. The van der Waals surface area contributed by atoms with E-state index in [0.29, 0.717) is 0 Å². The SMILES string of the molecule is Cc1cc(C(NN)c2cc3cccc(C)c3o2)cc(C)n1. The molecule has 4 nitrogen and oxygen atoms in total. The number of furan rings is 1. The third-order valence-electron chi connectivity index (χ3n) is 3.65. The molecule has 108 valence electrons. The van der Waals surface area contributed by atoms with E-state index in [1.807, 2.05) is 57.2 Å². The normalized spacial score (nSPS) is 12.8. The fourth-order valence-electron chi connectivity index (χ4n) is 2.75. The number of aromatic nitrogens is 1. The summed E-state index contributed by atoms with van der Waals surface area (Å²) in [6, 6.07) is 12.0. The number of fused-ring (bicyclic) bond motifs is 1. The van der Waals surface area contributed by atoms with E-state index in [2.05, 4.69) is 10.4 Å². The second kappa shape index (κ2) is 5.31. The van der Waals surface area contributed by atoms with Gasteiger partial charge in [0.05, 0.1) is 0 Å². The van der Waals surface area contributed by atoms with Crippen molar-refractivity contribution in [3.63, 3.8) is 0 Å². The molecule has 0 fully saturated rings. The number of nitrogens with one attached hydrogen (secondary N) is 1. The number of benzene rings is 1. The van der Waals surface area contributed by atoms with E-state index >= 15 is 0 Å². The van der Waals surface area contributed by atoms with Crippen molar-refractivity contribution in [2.24, 2.45) is 5.84 Å². The van der Waals surface area contributed by atoms with Crippen LogP contribution in [0.5, 0.6) is 0 Å². The Labute approximate surface area is 124 Å². The van der Waals surface area contributed by atoms with Crippen molar-refractivity contribution in [3.8, 4) is 0 Å². The predicted molar refractivity (Wildman–Crippen MR) is 83.8 cm³/mol. The quantitative estimate of drug-likeness (QED) is 0.571. The smallest absolute Gasteiger partial charge is 0.137 e. The van der Waals surface area contributed by atoms with E-state index in [9.17, 15) is 0 Å². The monoisotopic (exact) mass is 281 g/mol. The summed E-state index contributed by atoms with van der Waals surface area (Å²) in [6.07, 6.45) is 0. The lowest BCUT2D eigenvalue weighted by Crippen LogP contribution is -2.28. The minimum absolute atomic E-state index is 0.183. The van der Waals surface area contributed by atoms with Gasteiger partial charge in [-0.05, 0) is 50.1 Å². The van der Waals surface area contributed by atoms with Crippen LogP contribution in [-0.4, -0.2) is 4.98 Å². The first-order valence-electron chi connectivity index (χ1n) is 6.99. The lowest BCUT2D eigenvalue weighted by molar-refractivity contribution is 0.476. The number of hydrazine groups is 1. The van der Waals surface area contributed by atoms with Crippen molar-refractivity contribution in [2.45, 2.75) is 26.8 Å². The molecule has 0 saturated heterocycles. The van der Waals surface area contributed by atoms with Crippen molar-refractivity contribution < 1.29 is 4.42 Å². The fourth-order valence-corrected chi connectivity index (χ4v) is 2.75. The lowest BCUT2D eigenvalue weighted by atomic mass is 10.0. The van der Waals surface area contributed by atoms with E-state index in [1.54, 1.807) is 0 Å². The van der Waals surface area contributed by atoms with Gasteiger partial charge in [-0.3, -0.25) is 10.8 Å². The van der Waals surface area contributed by atoms with Gasteiger partial charge in [0, 0.05) is 16.8 Å². The molecule has 3 rings (SSSR count). The highest BCUT2D eigenvalue weighted by atomic mass is 16.3. The molecule has 2 aromatic heterocycles. The van der Waals surface area contributed by atoms with E-state index in [0.717, 1.165) is 39.2 Å². The van der Waals surface area contributed by atoms with Gasteiger partial charge in [0.1, 0.15) is 17.4 Å². The summed E-state index contributed by atoms with van der Waals surface area (Å²) in [4.78, 5) is 4.40. The highest BCUT2D eigenvalue weighted by Crippen LogP contribution is 2.29. The Hall–Kier alpha value is -2.17. The maximum absolute atomic E-state index is 6.02. The average Bonchev–Trinajstić information content (AvgIpc) is 2.83. The molecule has 0 amide bonds. The van der Waals surface area contributed by atoms with Gasteiger partial charge in [0.15, 0.2) is 0 Å². The third-order valence-corrected chi connectivity index (χ3v) is 3.65. The highest BCUT2D eigenvalue weighted by molar-refractivity contribution is 5.81. The fraction of sp³-hybridized carbons (Fsp3) is 0.235. The molecule has 3 N–H and O–H groups in total. The number of pyridine rings is 1. The van der Waals surface area contributed by atoms with Crippen LogP contribution in [-0.2, 0) is 0 Å². The Morgan fingerprint density at radius 2 is 1.81 bits per heavy atom. The molecule has 0 aliphatic rings. The molecule has 0 aliphatic heterocycles. The van der Waals surface area contributed by atoms with Gasteiger partial charge in [-0.25, -0.2) is 5.43 Å². The van der Waals surface area contributed by atoms with Crippen LogP contribution >= 0.6 is 0 Å². The maximum Gasteiger partial charge on any atom is 0.137 e. The molecule has 3 aromatic rings. The van der Waals surface area contributed by atoms with Crippen molar-refractivity contribution in [3.05, 3.63) is 64.7 Å². The van der Waals surface area contributed by atoms with Crippen LogP contribution in [0.3, 0.4) is 0 Å². The third kappa shape index (κ3) is 2.55. The summed E-state index contributed by atoms with van der Waals surface area (Å²) >= 11 is 0. The summed E-state index contributed by atoms with van der Waals surface area (Å²) in [5.74, 6) is 6.58. The van der Waals surface area contributed by atoms with E-state index < -0.39 is 0 Å². The molecule has 0 spiro atoms. The Morgan fingerprint density at radius 1 is 1.10 bits per heavy atom. The molecule has 1 unspecified atom stereocenters. The van der Waals surface area contributed by atoms with Crippen molar-refractivity contribution in [2.75, 3.05) is 0 Å². The van der Waals surface area contributed by atoms with Crippen LogP contribution in [0.25, 0.3) is 11.0 Å². The second-order valence-electron chi connectivity index (χ2n) is 5.42. The van der Waals surface area contributed by atoms with Crippen molar-refractivity contribution in [1.29, 1.82) is 0 Å². The Kier molecular flexibility index (Phi) is 3.49. The number of aryl methyl sites for hydroxylation is 3. The summed E-state index contributed by atoms with van der Waals surface area (Å²) < 4.78 is 6.02. The van der Waals surface area contributed by atoms with Crippen molar-refractivity contribution in [1.82, 2.24) is 10.4 Å². The van der Waals surface area contributed by atoms with Gasteiger partial charge in [0.2, 0.25) is 0 Å².